The second-order valence-electron chi connectivity index (χ2n) is 5.02. The van der Waals surface area contributed by atoms with Gasteiger partial charge in [-0.3, -0.25) is 5.32 Å². The first-order valence-electron chi connectivity index (χ1n) is 6.57. The van der Waals surface area contributed by atoms with Gasteiger partial charge < -0.3 is 0 Å². The zero-order chi connectivity index (χ0) is 13.0. The number of aryl methyl sites for hydroxylation is 1. The molecule has 1 fully saturated rings. The molecule has 1 saturated carbocycles. The van der Waals surface area contributed by atoms with Crippen LogP contribution in [0.1, 0.15) is 31.7 Å². The average molecular weight is 260 g/mol. The number of nitrogens with zero attached hydrogens (tertiary/aromatic N) is 1. The Morgan fingerprint density at radius 1 is 1.44 bits per heavy atom. The lowest BCUT2D eigenvalue weighted by Crippen LogP contribution is -2.41. The number of rotatable bonds is 4. The molecule has 1 N–H and O–H groups in total. The lowest BCUT2D eigenvalue weighted by Gasteiger charge is -2.21. The van der Waals surface area contributed by atoms with Crippen molar-refractivity contribution in [1.29, 1.82) is 5.26 Å². The van der Waals surface area contributed by atoms with Crippen molar-refractivity contribution in [3.8, 4) is 6.07 Å². The maximum absolute atomic E-state index is 9.35. The van der Waals surface area contributed by atoms with Gasteiger partial charge in [-0.1, -0.05) is 24.6 Å². The lowest BCUT2D eigenvalue weighted by molar-refractivity contribution is 0.436. The Morgan fingerprint density at radius 3 is 2.78 bits per heavy atom. The smallest absolute Gasteiger partial charge is 0.107 e. The molecule has 1 aliphatic carbocycles. The predicted octanol–water partition coefficient (Wildman–Crippen LogP) is 3.51. The summed E-state index contributed by atoms with van der Waals surface area (Å²) in [6.07, 6.45) is 3.05. The van der Waals surface area contributed by atoms with Crippen LogP contribution in [0.5, 0.6) is 0 Å². The molecule has 96 valence electrons. The number of thioether (sulfide) groups is 1. The molecule has 1 aliphatic rings. The van der Waals surface area contributed by atoms with Gasteiger partial charge in [-0.05, 0) is 44.9 Å². The SMILES string of the molecule is CCNC1(C#N)CCC(Sc2ccc(C)cc2)C1. The summed E-state index contributed by atoms with van der Waals surface area (Å²) in [6.45, 7) is 5.05. The van der Waals surface area contributed by atoms with Crippen molar-refractivity contribution in [2.45, 2.75) is 48.8 Å². The van der Waals surface area contributed by atoms with E-state index < -0.39 is 0 Å². The normalized spacial score (nSPS) is 27.1. The molecule has 2 unspecified atom stereocenters. The number of benzene rings is 1. The van der Waals surface area contributed by atoms with E-state index >= 15 is 0 Å². The number of hydrogen-bond donors (Lipinski definition) is 1. The monoisotopic (exact) mass is 260 g/mol. The Morgan fingerprint density at radius 2 is 2.17 bits per heavy atom. The molecule has 0 aliphatic heterocycles. The standard InChI is InChI=1S/C15H20N2S/c1-3-17-15(11-16)9-8-14(10-15)18-13-6-4-12(2)5-7-13/h4-7,14,17H,3,8-10H2,1-2H3. The largest absolute Gasteiger partial charge is 0.300 e. The van der Waals surface area contributed by atoms with Crippen molar-refractivity contribution in [3.63, 3.8) is 0 Å². The van der Waals surface area contributed by atoms with Gasteiger partial charge in [-0.15, -0.1) is 11.8 Å². The Hall–Kier alpha value is -0.980. The van der Waals surface area contributed by atoms with Crippen LogP contribution < -0.4 is 5.32 Å². The third-order valence-electron chi connectivity index (χ3n) is 3.52. The number of nitrogens with one attached hydrogen (secondary N) is 1. The third kappa shape index (κ3) is 3.07. The van der Waals surface area contributed by atoms with E-state index in [9.17, 15) is 5.26 Å². The van der Waals surface area contributed by atoms with Crippen LogP contribution in [0.3, 0.4) is 0 Å². The first-order chi connectivity index (χ1) is 8.67. The highest BCUT2D eigenvalue weighted by Gasteiger charge is 2.38. The molecular formula is C15H20N2S. The van der Waals surface area contributed by atoms with Crippen LogP contribution in [0.25, 0.3) is 0 Å². The first kappa shape index (κ1) is 13.5. The molecule has 3 heteroatoms. The molecule has 0 amide bonds. The summed E-state index contributed by atoms with van der Waals surface area (Å²) in [5.74, 6) is 0. The van der Waals surface area contributed by atoms with Crippen LogP contribution in [0.4, 0.5) is 0 Å². The lowest BCUT2D eigenvalue weighted by atomic mass is 10.0. The molecule has 2 atom stereocenters. The number of nitriles is 1. The van der Waals surface area contributed by atoms with E-state index in [0.717, 1.165) is 25.8 Å². The predicted molar refractivity (Wildman–Crippen MR) is 76.7 cm³/mol. The zero-order valence-electron chi connectivity index (χ0n) is 11.1. The summed E-state index contributed by atoms with van der Waals surface area (Å²) in [5, 5.41) is 13.3. The fraction of sp³-hybridized carbons (Fsp3) is 0.533. The van der Waals surface area contributed by atoms with E-state index in [2.05, 4.69) is 49.5 Å². The molecule has 0 aromatic heterocycles. The molecule has 0 saturated heterocycles. The van der Waals surface area contributed by atoms with Crippen molar-refractivity contribution >= 4 is 11.8 Å². The second-order valence-corrected chi connectivity index (χ2v) is 6.39. The zero-order valence-corrected chi connectivity index (χ0v) is 11.9. The van der Waals surface area contributed by atoms with Crippen molar-refractivity contribution in [2.75, 3.05) is 6.54 Å². The Balaban J connectivity index is 1.97. The molecule has 1 aromatic carbocycles. The Kier molecular flexibility index (Phi) is 4.31. The molecule has 1 aromatic rings. The molecule has 0 bridgehead atoms. The highest BCUT2D eigenvalue weighted by Crippen LogP contribution is 2.39. The van der Waals surface area contributed by atoms with E-state index in [1.54, 1.807) is 0 Å². The van der Waals surface area contributed by atoms with E-state index in [1.165, 1.54) is 10.5 Å². The highest BCUT2D eigenvalue weighted by atomic mass is 32.2. The second kappa shape index (κ2) is 5.77. The van der Waals surface area contributed by atoms with Crippen molar-refractivity contribution in [3.05, 3.63) is 29.8 Å². The van der Waals surface area contributed by atoms with E-state index in [0.29, 0.717) is 5.25 Å². The highest BCUT2D eigenvalue weighted by molar-refractivity contribution is 8.00. The summed E-state index contributed by atoms with van der Waals surface area (Å²) < 4.78 is 0. The van der Waals surface area contributed by atoms with Gasteiger partial charge in [0.2, 0.25) is 0 Å². The van der Waals surface area contributed by atoms with Crippen LogP contribution in [0, 0.1) is 18.3 Å². The summed E-state index contributed by atoms with van der Waals surface area (Å²) in [4.78, 5) is 1.32. The molecule has 0 heterocycles. The summed E-state index contributed by atoms with van der Waals surface area (Å²) in [5.41, 5.74) is 1.02. The van der Waals surface area contributed by atoms with Crippen molar-refractivity contribution in [2.24, 2.45) is 0 Å². The molecular weight excluding hydrogens is 240 g/mol. The summed E-state index contributed by atoms with van der Waals surface area (Å²) in [6, 6.07) is 11.1. The fourth-order valence-electron chi connectivity index (χ4n) is 2.55. The van der Waals surface area contributed by atoms with Crippen LogP contribution in [0.2, 0.25) is 0 Å². The Bertz CT molecular complexity index is 435. The maximum atomic E-state index is 9.35. The minimum Gasteiger partial charge on any atom is -0.300 e. The molecule has 2 nitrogen and oxygen atoms in total. The maximum Gasteiger partial charge on any atom is 0.107 e. The van der Waals surface area contributed by atoms with E-state index in [-0.39, 0.29) is 5.54 Å². The van der Waals surface area contributed by atoms with Crippen LogP contribution >= 0.6 is 11.8 Å². The molecule has 2 rings (SSSR count). The van der Waals surface area contributed by atoms with Crippen LogP contribution in [0.15, 0.2) is 29.2 Å². The van der Waals surface area contributed by atoms with Gasteiger partial charge in [-0.2, -0.15) is 5.26 Å². The topological polar surface area (TPSA) is 35.8 Å². The van der Waals surface area contributed by atoms with Gasteiger partial charge in [0.05, 0.1) is 6.07 Å². The van der Waals surface area contributed by atoms with Gasteiger partial charge in [0, 0.05) is 10.1 Å². The van der Waals surface area contributed by atoms with Gasteiger partial charge in [0.15, 0.2) is 0 Å². The fourth-order valence-corrected chi connectivity index (χ4v) is 3.83. The Labute approximate surface area is 114 Å². The summed E-state index contributed by atoms with van der Waals surface area (Å²) >= 11 is 1.91. The third-order valence-corrected chi connectivity index (χ3v) is 4.80. The number of hydrogen-bond acceptors (Lipinski definition) is 3. The van der Waals surface area contributed by atoms with E-state index in [1.807, 2.05) is 11.8 Å². The quantitative estimate of drug-likeness (QED) is 0.900. The van der Waals surface area contributed by atoms with Crippen molar-refractivity contribution in [1.82, 2.24) is 5.32 Å². The van der Waals surface area contributed by atoms with Crippen LogP contribution in [-0.4, -0.2) is 17.3 Å². The van der Waals surface area contributed by atoms with E-state index in [4.69, 9.17) is 0 Å². The first-order valence-corrected chi connectivity index (χ1v) is 7.45. The average Bonchev–Trinajstić information content (AvgIpc) is 2.77. The van der Waals surface area contributed by atoms with Gasteiger partial charge >= 0.3 is 0 Å². The summed E-state index contributed by atoms with van der Waals surface area (Å²) in [7, 11) is 0. The molecule has 0 radical (unpaired) electrons. The molecule has 0 spiro atoms. The van der Waals surface area contributed by atoms with Gasteiger partial charge in [0.25, 0.3) is 0 Å². The van der Waals surface area contributed by atoms with Crippen LogP contribution in [-0.2, 0) is 0 Å². The molecule has 18 heavy (non-hydrogen) atoms. The van der Waals surface area contributed by atoms with Gasteiger partial charge in [0.1, 0.15) is 5.54 Å². The minimum absolute atomic E-state index is 0.281. The van der Waals surface area contributed by atoms with Crippen molar-refractivity contribution < 1.29 is 0 Å². The van der Waals surface area contributed by atoms with Gasteiger partial charge in [-0.25, -0.2) is 0 Å². The minimum atomic E-state index is -0.281.